The number of allylic oxidation sites excluding steroid dienone is 4. The van der Waals surface area contributed by atoms with Crippen LogP contribution in [-0.4, -0.2) is 17.7 Å². The van der Waals surface area contributed by atoms with Crippen molar-refractivity contribution in [2.75, 3.05) is 6.61 Å². The van der Waals surface area contributed by atoms with E-state index in [4.69, 9.17) is 13.9 Å². The molecule has 26 heavy (non-hydrogen) atoms. The van der Waals surface area contributed by atoms with Crippen molar-refractivity contribution in [2.45, 2.75) is 70.5 Å². The minimum atomic E-state index is 0.230. The second kappa shape index (κ2) is 9.77. The van der Waals surface area contributed by atoms with Gasteiger partial charge in [0, 0.05) is 0 Å². The van der Waals surface area contributed by atoms with Gasteiger partial charge in [0.2, 0.25) is 0 Å². The Morgan fingerprint density at radius 3 is 2.88 bits per heavy atom. The Morgan fingerprint density at radius 2 is 2.12 bits per heavy atom. The molecule has 4 nitrogen and oxygen atoms in total. The molecule has 1 aromatic heterocycles. The summed E-state index contributed by atoms with van der Waals surface area (Å²) in [7, 11) is 0. The zero-order valence-electron chi connectivity index (χ0n) is 15.9. The summed E-state index contributed by atoms with van der Waals surface area (Å²) < 4.78 is 17.8. The highest BCUT2D eigenvalue weighted by molar-refractivity contribution is 5.24. The van der Waals surface area contributed by atoms with Gasteiger partial charge in [-0.1, -0.05) is 38.5 Å². The fourth-order valence-corrected chi connectivity index (χ4v) is 3.83. The van der Waals surface area contributed by atoms with Gasteiger partial charge in [-0.25, -0.2) is 4.98 Å². The first-order chi connectivity index (χ1) is 12.8. The van der Waals surface area contributed by atoms with E-state index in [1.54, 1.807) is 12.5 Å². The van der Waals surface area contributed by atoms with Crippen LogP contribution in [0.15, 0.2) is 47.3 Å². The number of rotatable bonds is 4. The molecule has 1 saturated carbocycles. The molecule has 1 atom stereocenters. The van der Waals surface area contributed by atoms with E-state index in [9.17, 15) is 0 Å². The highest BCUT2D eigenvalue weighted by Gasteiger charge is 2.25. The number of aromatic nitrogens is 1. The average molecular weight is 357 g/mol. The van der Waals surface area contributed by atoms with Crippen molar-refractivity contribution in [3.05, 3.63) is 54.5 Å². The molecule has 0 unspecified atom stereocenters. The van der Waals surface area contributed by atoms with E-state index in [2.05, 4.69) is 24.6 Å². The van der Waals surface area contributed by atoms with Gasteiger partial charge in [0.15, 0.2) is 11.7 Å². The Labute approximate surface area is 157 Å². The van der Waals surface area contributed by atoms with E-state index in [0.717, 1.165) is 50.2 Å². The van der Waals surface area contributed by atoms with Crippen LogP contribution in [0.4, 0.5) is 0 Å². The minimum Gasteiger partial charge on any atom is -0.493 e. The minimum absolute atomic E-state index is 0.230. The van der Waals surface area contributed by atoms with E-state index in [1.165, 1.54) is 12.0 Å². The molecule has 0 amide bonds. The lowest BCUT2D eigenvalue weighted by Crippen LogP contribution is -2.24. The molecule has 0 aromatic carbocycles. The van der Waals surface area contributed by atoms with Crippen LogP contribution in [0.25, 0.3) is 0 Å². The smallest absolute Gasteiger partial charge is 0.199 e. The van der Waals surface area contributed by atoms with Crippen LogP contribution in [-0.2, 0) is 16.1 Å². The van der Waals surface area contributed by atoms with E-state index in [1.807, 2.05) is 12.2 Å². The van der Waals surface area contributed by atoms with Crippen LogP contribution in [0.1, 0.15) is 69.4 Å². The van der Waals surface area contributed by atoms with Crippen LogP contribution >= 0.6 is 0 Å². The predicted molar refractivity (Wildman–Crippen MR) is 103 cm³/mol. The first kappa shape index (κ1) is 19.0. The van der Waals surface area contributed by atoms with E-state index in [0.29, 0.717) is 25.2 Å². The molecule has 4 heteroatoms. The normalized spacial score (nSPS) is 30.2. The van der Waals surface area contributed by atoms with Crippen LogP contribution in [0, 0.1) is 5.92 Å². The molecule has 0 radical (unpaired) electrons. The maximum atomic E-state index is 6.28. The number of ether oxygens (including phenoxy) is 2. The molecule has 3 aliphatic rings. The summed E-state index contributed by atoms with van der Waals surface area (Å²) in [5, 5.41) is 0. The fraction of sp³-hybridized carbons (Fsp3) is 0.591. The van der Waals surface area contributed by atoms with Gasteiger partial charge in [0.25, 0.3) is 0 Å². The molecular formula is C22H31NO3. The van der Waals surface area contributed by atoms with Crippen molar-refractivity contribution >= 4 is 0 Å². The number of fused-ring (bicyclic) bond motifs is 7. The van der Waals surface area contributed by atoms with E-state index < -0.39 is 0 Å². The molecule has 1 aromatic rings. The van der Waals surface area contributed by atoms with Crippen molar-refractivity contribution < 1.29 is 13.9 Å². The van der Waals surface area contributed by atoms with Gasteiger partial charge in [-0.2, -0.15) is 0 Å². The van der Waals surface area contributed by atoms with E-state index in [-0.39, 0.29) is 5.92 Å². The van der Waals surface area contributed by atoms with Gasteiger partial charge in [0.05, 0.1) is 31.1 Å². The summed E-state index contributed by atoms with van der Waals surface area (Å²) in [5.41, 5.74) is 1.29. The van der Waals surface area contributed by atoms with Crippen molar-refractivity contribution in [3.63, 3.8) is 0 Å². The zero-order chi connectivity index (χ0) is 18.2. The van der Waals surface area contributed by atoms with E-state index >= 15 is 0 Å². The highest BCUT2D eigenvalue weighted by atomic mass is 16.5. The van der Waals surface area contributed by atoms with Crippen LogP contribution in [0.3, 0.4) is 0 Å². The number of unbranched alkanes of at least 4 members (excludes halogenated alkanes) is 1. The molecule has 0 spiro atoms. The molecule has 3 heterocycles. The summed E-state index contributed by atoms with van der Waals surface area (Å²) in [5.74, 6) is 2.35. The Hall–Kier alpha value is -1.81. The van der Waals surface area contributed by atoms with Crippen molar-refractivity contribution in [2.24, 2.45) is 5.92 Å². The molecular weight excluding hydrogens is 326 g/mol. The second-order valence-electron chi connectivity index (χ2n) is 7.32. The first-order valence-electron chi connectivity index (χ1n) is 9.97. The van der Waals surface area contributed by atoms with Crippen molar-refractivity contribution in [3.8, 4) is 0 Å². The first-order valence-corrected chi connectivity index (χ1v) is 9.97. The van der Waals surface area contributed by atoms with Crippen LogP contribution in [0.5, 0.6) is 0 Å². The number of oxazole rings is 1. The monoisotopic (exact) mass is 357 g/mol. The maximum absolute atomic E-state index is 6.28. The van der Waals surface area contributed by atoms with Crippen LogP contribution < -0.4 is 0 Å². The quantitative estimate of drug-likeness (QED) is 0.695. The largest absolute Gasteiger partial charge is 0.493 e. The van der Waals surface area contributed by atoms with Gasteiger partial charge in [-0.05, 0) is 49.7 Å². The summed E-state index contributed by atoms with van der Waals surface area (Å²) in [6, 6.07) is 0. The summed E-state index contributed by atoms with van der Waals surface area (Å²) in [4.78, 5) is 4.49. The third kappa shape index (κ3) is 5.10. The third-order valence-corrected chi connectivity index (χ3v) is 5.43. The van der Waals surface area contributed by atoms with Gasteiger partial charge in [-0.15, -0.1) is 0 Å². The Balaban J connectivity index is 1.75. The van der Waals surface area contributed by atoms with Gasteiger partial charge in [-0.3, -0.25) is 0 Å². The van der Waals surface area contributed by atoms with Crippen molar-refractivity contribution in [1.82, 2.24) is 4.98 Å². The second-order valence-corrected chi connectivity index (χ2v) is 7.32. The molecule has 1 aliphatic carbocycles. The maximum Gasteiger partial charge on any atom is 0.199 e. The molecule has 4 rings (SSSR count). The number of nitrogens with zero attached hydrogens (tertiary/aromatic N) is 1. The Kier molecular flexibility index (Phi) is 7.13. The molecule has 2 aliphatic heterocycles. The van der Waals surface area contributed by atoms with Crippen LogP contribution in [0.2, 0.25) is 0 Å². The molecule has 0 N–H and O–H groups in total. The number of hydrogen-bond acceptors (Lipinski definition) is 4. The lowest BCUT2D eigenvalue weighted by atomic mass is 9.82. The summed E-state index contributed by atoms with van der Waals surface area (Å²) >= 11 is 0. The number of hydrogen-bond donors (Lipinski definition) is 0. The van der Waals surface area contributed by atoms with Gasteiger partial charge >= 0.3 is 0 Å². The van der Waals surface area contributed by atoms with Crippen molar-refractivity contribution in [1.29, 1.82) is 0 Å². The lowest BCUT2D eigenvalue weighted by molar-refractivity contribution is 0.00897. The third-order valence-electron chi connectivity index (χ3n) is 5.43. The van der Waals surface area contributed by atoms with Gasteiger partial charge < -0.3 is 13.9 Å². The molecule has 1 fully saturated rings. The molecule has 0 saturated heterocycles. The Morgan fingerprint density at radius 1 is 1.27 bits per heavy atom. The SMILES string of the molecule is C=C/C1=C\C=C/OCc2cnc(o2)[C@H](CCCC)COC2CCC1CC2. The molecule has 142 valence electrons. The summed E-state index contributed by atoms with van der Waals surface area (Å²) in [6.07, 6.45) is 17.8. The standard InChI is InChI=1S/C22H31NO3/c1-3-5-7-19-15-25-20-11-9-18(10-12-20)17(4-2)8-6-13-24-16-21-14-23-22(19)26-21/h4,6,8,13-14,18-20H,2-3,5,7,9-12,15-16H2,1H3/b13-6-,17-8+/t18?,19-,20?/m1/s1. The lowest BCUT2D eigenvalue weighted by Gasteiger charge is -2.30. The average Bonchev–Trinajstić information content (AvgIpc) is 3.13. The van der Waals surface area contributed by atoms with Gasteiger partial charge in [0.1, 0.15) is 6.61 Å². The highest BCUT2D eigenvalue weighted by Crippen LogP contribution is 2.33. The fourth-order valence-electron chi connectivity index (χ4n) is 3.83. The predicted octanol–water partition coefficient (Wildman–Crippen LogP) is 5.68. The Bertz CT molecular complexity index is 623. The topological polar surface area (TPSA) is 44.5 Å². The molecule has 4 bridgehead atoms. The zero-order valence-corrected chi connectivity index (χ0v) is 15.9. The summed E-state index contributed by atoms with van der Waals surface area (Å²) in [6.45, 7) is 7.28.